The van der Waals surface area contributed by atoms with Gasteiger partial charge < -0.3 is 15.0 Å². The lowest BCUT2D eigenvalue weighted by atomic mass is 10.3. The van der Waals surface area contributed by atoms with E-state index >= 15 is 0 Å². The minimum Gasteiger partial charge on any atom is -0.480 e. The van der Waals surface area contributed by atoms with Gasteiger partial charge in [0.25, 0.3) is 5.91 Å². The van der Waals surface area contributed by atoms with Crippen molar-refractivity contribution < 1.29 is 14.7 Å². The smallest absolute Gasteiger partial charge is 0.323 e. The number of aryl methyl sites for hydroxylation is 1. The minimum atomic E-state index is -0.983. The molecule has 100 valence electrons. The molecule has 2 aromatic heterocycles. The van der Waals surface area contributed by atoms with Crippen molar-refractivity contribution in [2.45, 2.75) is 20.0 Å². The molecule has 19 heavy (non-hydrogen) atoms. The van der Waals surface area contributed by atoms with E-state index in [9.17, 15) is 9.59 Å². The number of amides is 1. The van der Waals surface area contributed by atoms with Crippen LogP contribution in [-0.4, -0.2) is 26.5 Å². The number of aliphatic carboxylic acids is 1. The first-order valence-electron chi connectivity index (χ1n) is 5.62. The highest BCUT2D eigenvalue weighted by Crippen LogP contribution is 2.11. The summed E-state index contributed by atoms with van der Waals surface area (Å²) < 4.78 is 1.40. The third-order valence-corrected chi connectivity index (χ3v) is 3.56. The Hall–Kier alpha value is -2.15. The Balaban J connectivity index is 2.02. The zero-order valence-corrected chi connectivity index (χ0v) is 11.1. The Labute approximate surface area is 113 Å². The Kier molecular flexibility index (Phi) is 3.96. The van der Waals surface area contributed by atoms with E-state index in [1.807, 2.05) is 6.92 Å². The zero-order valence-electron chi connectivity index (χ0n) is 10.3. The van der Waals surface area contributed by atoms with Crippen molar-refractivity contribution in [1.29, 1.82) is 0 Å². The molecule has 1 amide bonds. The van der Waals surface area contributed by atoms with E-state index in [4.69, 9.17) is 5.11 Å². The lowest BCUT2D eigenvalue weighted by molar-refractivity contribution is -0.137. The average Bonchev–Trinajstić information content (AvgIpc) is 2.95. The summed E-state index contributed by atoms with van der Waals surface area (Å²) in [5, 5.41) is 11.5. The Morgan fingerprint density at radius 3 is 2.95 bits per heavy atom. The number of hydrogen-bond donors (Lipinski definition) is 2. The van der Waals surface area contributed by atoms with Gasteiger partial charge in [-0.25, -0.2) is 4.98 Å². The van der Waals surface area contributed by atoms with Gasteiger partial charge in [0.15, 0.2) is 0 Å². The fourth-order valence-electron chi connectivity index (χ4n) is 1.65. The maximum Gasteiger partial charge on any atom is 0.323 e. The van der Waals surface area contributed by atoms with Gasteiger partial charge in [0.05, 0.1) is 17.7 Å². The molecule has 0 saturated heterocycles. The average molecular weight is 279 g/mol. The van der Waals surface area contributed by atoms with Crippen molar-refractivity contribution in [3.8, 4) is 0 Å². The molecular weight excluding hydrogens is 266 g/mol. The van der Waals surface area contributed by atoms with E-state index in [0.29, 0.717) is 12.2 Å². The zero-order chi connectivity index (χ0) is 13.8. The van der Waals surface area contributed by atoms with Crippen molar-refractivity contribution in [2.75, 3.05) is 0 Å². The molecular formula is C12H13N3O3S. The molecule has 2 aromatic rings. The number of carbonyl (C=O) groups is 2. The normalized spacial score (nSPS) is 10.4. The predicted octanol–water partition coefficient (Wildman–Crippen LogP) is 1.27. The van der Waals surface area contributed by atoms with Crippen molar-refractivity contribution in [3.63, 3.8) is 0 Å². The van der Waals surface area contributed by atoms with Crippen LogP contribution in [0.3, 0.4) is 0 Å². The largest absolute Gasteiger partial charge is 0.480 e. The number of nitrogens with one attached hydrogen (secondary N) is 1. The van der Waals surface area contributed by atoms with E-state index in [0.717, 1.165) is 10.6 Å². The highest BCUT2D eigenvalue weighted by molar-refractivity contribution is 7.09. The molecule has 2 heterocycles. The Bertz CT molecular complexity index is 603. The van der Waals surface area contributed by atoms with Gasteiger partial charge >= 0.3 is 5.97 Å². The summed E-state index contributed by atoms with van der Waals surface area (Å²) in [5.41, 5.74) is 2.96. The molecule has 0 spiro atoms. The molecule has 0 aliphatic heterocycles. The van der Waals surface area contributed by atoms with E-state index in [-0.39, 0.29) is 12.5 Å². The highest BCUT2D eigenvalue weighted by atomic mass is 32.1. The standard InChI is InChI=1S/C12H13N3O3S/c1-8-10(19-7-14-8)5-13-12(18)9-3-2-4-15(9)6-11(16)17/h2-4,7H,5-6H2,1H3,(H,13,18)(H,16,17). The second-order valence-corrected chi connectivity index (χ2v) is 4.90. The van der Waals surface area contributed by atoms with Gasteiger partial charge in [-0.2, -0.15) is 0 Å². The van der Waals surface area contributed by atoms with E-state index in [1.54, 1.807) is 23.8 Å². The van der Waals surface area contributed by atoms with E-state index < -0.39 is 5.97 Å². The molecule has 0 aromatic carbocycles. The van der Waals surface area contributed by atoms with Crippen molar-refractivity contribution in [2.24, 2.45) is 0 Å². The van der Waals surface area contributed by atoms with Gasteiger partial charge in [-0.1, -0.05) is 0 Å². The molecule has 0 radical (unpaired) electrons. The molecule has 0 fully saturated rings. The highest BCUT2D eigenvalue weighted by Gasteiger charge is 2.13. The quantitative estimate of drug-likeness (QED) is 0.863. The SMILES string of the molecule is Cc1ncsc1CNC(=O)c1cccn1CC(=O)O. The molecule has 0 saturated carbocycles. The summed E-state index contributed by atoms with van der Waals surface area (Å²) in [6, 6.07) is 3.24. The Morgan fingerprint density at radius 2 is 2.32 bits per heavy atom. The number of aromatic nitrogens is 2. The summed E-state index contributed by atoms with van der Waals surface area (Å²) in [7, 11) is 0. The number of carbonyl (C=O) groups excluding carboxylic acids is 1. The predicted molar refractivity (Wildman–Crippen MR) is 70.1 cm³/mol. The summed E-state index contributed by atoms with van der Waals surface area (Å²) in [4.78, 5) is 27.7. The van der Waals surface area contributed by atoms with Gasteiger partial charge in [-0.05, 0) is 19.1 Å². The third-order valence-electron chi connectivity index (χ3n) is 2.62. The van der Waals surface area contributed by atoms with Crippen LogP contribution in [0.4, 0.5) is 0 Å². The first-order valence-corrected chi connectivity index (χ1v) is 6.50. The van der Waals surface area contributed by atoms with E-state index in [1.165, 1.54) is 15.9 Å². The van der Waals surface area contributed by atoms with Crippen LogP contribution in [0.15, 0.2) is 23.8 Å². The summed E-state index contributed by atoms with van der Waals surface area (Å²) in [6.07, 6.45) is 1.57. The second kappa shape index (κ2) is 5.66. The van der Waals surface area contributed by atoms with Crippen molar-refractivity contribution >= 4 is 23.2 Å². The number of rotatable bonds is 5. The monoisotopic (exact) mass is 279 g/mol. The minimum absolute atomic E-state index is 0.227. The van der Waals surface area contributed by atoms with Crippen LogP contribution in [-0.2, 0) is 17.9 Å². The maximum atomic E-state index is 12.0. The lowest BCUT2D eigenvalue weighted by Gasteiger charge is -2.07. The maximum absolute atomic E-state index is 12.0. The first kappa shape index (κ1) is 13.3. The van der Waals surface area contributed by atoms with Gasteiger partial charge in [-0.3, -0.25) is 9.59 Å². The van der Waals surface area contributed by atoms with Crippen LogP contribution >= 0.6 is 11.3 Å². The number of thiazole rings is 1. The molecule has 0 atom stereocenters. The lowest BCUT2D eigenvalue weighted by Crippen LogP contribution is -2.26. The number of nitrogens with zero attached hydrogens (tertiary/aromatic N) is 2. The molecule has 0 aliphatic carbocycles. The van der Waals surface area contributed by atoms with Gasteiger partial charge in [0, 0.05) is 11.1 Å². The van der Waals surface area contributed by atoms with Gasteiger partial charge in [0.1, 0.15) is 12.2 Å². The molecule has 2 rings (SSSR count). The first-order chi connectivity index (χ1) is 9.08. The van der Waals surface area contributed by atoms with Crippen LogP contribution in [0, 0.1) is 6.92 Å². The molecule has 0 aliphatic rings. The fourth-order valence-corrected chi connectivity index (χ4v) is 2.37. The van der Waals surface area contributed by atoms with Crippen LogP contribution in [0.25, 0.3) is 0 Å². The van der Waals surface area contributed by atoms with Crippen LogP contribution in [0.1, 0.15) is 21.1 Å². The van der Waals surface area contributed by atoms with Gasteiger partial charge in [-0.15, -0.1) is 11.3 Å². The topological polar surface area (TPSA) is 84.2 Å². The molecule has 7 heteroatoms. The molecule has 0 bridgehead atoms. The van der Waals surface area contributed by atoms with Gasteiger partial charge in [0.2, 0.25) is 0 Å². The van der Waals surface area contributed by atoms with Crippen molar-refractivity contribution in [3.05, 3.63) is 40.1 Å². The molecule has 2 N–H and O–H groups in total. The number of carboxylic acids is 1. The molecule has 0 unspecified atom stereocenters. The Morgan fingerprint density at radius 1 is 1.53 bits per heavy atom. The summed E-state index contributed by atoms with van der Waals surface area (Å²) in [5.74, 6) is -1.28. The summed E-state index contributed by atoms with van der Waals surface area (Å²) in [6.45, 7) is 2.05. The second-order valence-electron chi connectivity index (χ2n) is 3.96. The summed E-state index contributed by atoms with van der Waals surface area (Å²) >= 11 is 1.48. The van der Waals surface area contributed by atoms with Crippen LogP contribution in [0.2, 0.25) is 0 Å². The van der Waals surface area contributed by atoms with Crippen molar-refractivity contribution in [1.82, 2.24) is 14.9 Å². The number of carboxylic acid groups (broad SMARTS) is 1. The van der Waals surface area contributed by atoms with E-state index in [2.05, 4.69) is 10.3 Å². The molecule has 6 nitrogen and oxygen atoms in total. The third kappa shape index (κ3) is 3.19. The number of hydrogen-bond acceptors (Lipinski definition) is 4. The fraction of sp³-hybridized carbons (Fsp3) is 0.250. The van der Waals surface area contributed by atoms with Crippen LogP contribution < -0.4 is 5.32 Å². The van der Waals surface area contributed by atoms with Crippen LogP contribution in [0.5, 0.6) is 0 Å².